The third-order valence-electron chi connectivity index (χ3n) is 4.26. The minimum absolute atomic E-state index is 0.0416. The van der Waals surface area contributed by atoms with E-state index in [-0.39, 0.29) is 5.91 Å². The lowest BCUT2D eigenvalue weighted by Crippen LogP contribution is -2.50. The topological polar surface area (TPSA) is 89.5 Å². The molecule has 1 amide bonds. The smallest absolute Gasteiger partial charge is 0.276 e. The summed E-state index contributed by atoms with van der Waals surface area (Å²) < 4.78 is 7.28. The maximum Gasteiger partial charge on any atom is 0.276 e. The zero-order valence-corrected chi connectivity index (χ0v) is 12.9. The van der Waals surface area contributed by atoms with Gasteiger partial charge in [0.25, 0.3) is 5.91 Å². The van der Waals surface area contributed by atoms with Crippen LogP contribution in [0, 0.1) is 0 Å². The first kappa shape index (κ1) is 15.4. The van der Waals surface area contributed by atoms with Gasteiger partial charge in [0, 0.05) is 45.9 Å². The second kappa shape index (κ2) is 7.17. The van der Waals surface area contributed by atoms with Crippen LogP contribution in [-0.2, 0) is 11.3 Å². The Hall–Kier alpha value is -1.51. The summed E-state index contributed by atoms with van der Waals surface area (Å²) in [4.78, 5) is 16.6. The molecule has 8 heteroatoms. The highest BCUT2D eigenvalue weighted by atomic mass is 16.5. The summed E-state index contributed by atoms with van der Waals surface area (Å²) in [5.41, 5.74) is 5.88. The van der Waals surface area contributed by atoms with Gasteiger partial charge in [-0.15, -0.1) is 5.10 Å². The van der Waals surface area contributed by atoms with Crippen LogP contribution in [0.25, 0.3) is 0 Å². The Bertz CT molecular complexity index is 491. The van der Waals surface area contributed by atoms with Crippen LogP contribution >= 0.6 is 0 Å². The predicted molar refractivity (Wildman–Crippen MR) is 80.4 cm³/mol. The van der Waals surface area contributed by atoms with E-state index in [4.69, 9.17) is 10.5 Å². The van der Waals surface area contributed by atoms with Gasteiger partial charge in [-0.05, 0) is 12.8 Å². The fourth-order valence-corrected chi connectivity index (χ4v) is 3.01. The molecule has 22 heavy (non-hydrogen) atoms. The van der Waals surface area contributed by atoms with Crippen LogP contribution in [0.1, 0.15) is 23.3 Å². The normalized spacial score (nSPS) is 23.1. The number of amides is 1. The molecule has 2 aliphatic rings. The van der Waals surface area contributed by atoms with Crippen molar-refractivity contribution in [3.8, 4) is 0 Å². The standard InChI is InChI=1S/C14H24N6O2/c15-3-4-20-11-13(16-17-20)14(21)19-7-5-18(6-8-19)10-12-2-1-9-22-12/h11-12H,1-10,15H2. The van der Waals surface area contributed by atoms with E-state index in [1.54, 1.807) is 10.9 Å². The molecule has 1 aromatic rings. The zero-order valence-electron chi connectivity index (χ0n) is 12.9. The number of rotatable bonds is 5. The molecule has 1 atom stereocenters. The second-order valence-electron chi connectivity index (χ2n) is 5.88. The summed E-state index contributed by atoms with van der Waals surface area (Å²) in [5.74, 6) is -0.0416. The van der Waals surface area contributed by atoms with Gasteiger partial charge in [-0.3, -0.25) is 14.4 Å². The molecule has 2 aliphatic heterocycles. The molecule has 0 radical (unpaired) electrons. The first-order valence-electron chi connectivity index (χ1n) is 7.99. The largest absolute Gasteiger partial charge is 0.377 e. The van der Waals surface area contributed by atoms with Crippen molar-refractivity contribution in [2.45, 2.75) is 25.5 Å². The van der Waals surface area contributed by atoms with Crippen LogP contribution in [0.15, 0.2) is 6.20 Å². The van der Waals surface area contributed by atoms with Crippen molar-refractivity contribution in [2.24, 2.45) is 5.73 Å². The molecule has 0 bridgehead atoms. The molecule has 0 spiro atoms. The number of ether oxygens (including phenoxy) is 1. The summed E-state index contributed by atoms with van der Waals surface area (Å²) in [6, 6.07) is 0. The first-order valence-corrected chi connectivity index (χ1v) is 7.99. The first-order chi connectivity index (χ1) is 10.8. The lowest BCUT2D eigenvalue weighted by molar-refractivity contribution is 0.0429. The van der Waals surface area contributed by atoms with Crippen molar-refractivity contribution < 1.29 is 9.53 Å². The van der Waals surface area contributed by atoms with Crippen LogP contribution in [0.4, 0.5) is 0 Å². The van der Waals surface area contributed by atoms with Gasteiger partial charge < -0.3 is 15.4 Å². The van der Waals surface area contributed by atoms with E-state index in [0.717, 1.165) is 45.8 Å². The summed E-state index contributed by atoms with van der Waals surface area (Å²) in [6.07, 6.45) is 4.37. The van der Waals surface area contributed by atoms with Crippen LogP contribution in [0.3, 0.4) is 0 Å². The molecular formula is C14H24N6O2. The SMILES string of the molecule is NCCn1cc(C(=O)N2CCN(CC3CCCO3)CC2)nn1. The second-order valence-corrected chi connectivity index (χ2v) is 5.88. The molecule has 122 valence electrons. The third-order valence-corrected chi connectivity index (χ3v) is 4.26. The third kappa shape index (κ3) is 3.63. The zero-order chi connectivity index (χ0) is 15.4. The van der Waals surface area contributed by atoms with Gasteiger partial charge >= 0.3 is 0 Å². The van der Waals surface area contributed by atoms with E-state index in [1.165, 1.54) is 6.42 Å². The van der Waals surface area contributed by atoms with E-state index in [0.29, 0.717) is 24.9 Å². The van der Waals surface area contributed by atoms with Gasteiger partial charge in [0.2, 0.25) is 0 Å². The number of nitrogens with zero attached hydrogens (tertiary/aromatic N) is 5. The predicted octanol–water partition coefficient (Wildman–Crippen LogP) is -0.826. The molecule has 2 saturated heterocycles. The van der Waals surface area contributed by atoms with Crippen LogP contribution in [0.5, 0.6) is 0 Å². The highest BCUT2D eigenvalue weighted by Gasteiger charge is 2.26. The van der Waals surface area contributed by atoms with Gasteiger partial charge in [0.15, 0.2) is 5.69 Å². The average molecular weight is 308 g/mol. The molecule has 3 heterocycles. The Labute approximate surface area is 130 Å². The quantitative estimate of drug-likeness (QED) is 0.764. The number of nitrogens with two attached hydrogens (primary N) is 1. The fraction of sp³-hybridized carbons (Fsp3) is 0.786. The van der Waals surface area contributed by atoms with Gasteiger partial charge in [-0.1, -0.05) is 5.21 Å². The van der Waals surface area contributed by atoms with E-state index in [1.807, 2.05) is 4.90 Å². The Morgan fingerprint density at radius 1 is 1.36 bits per heavy atom. The molecule has 0 aliphatic carbocycles. The van der Waals surface area contributed by atoms with E-state index >= 15 is 0 Å². The maximum atomic E-state index is 12.4. The van der Waals surface area contributed by atoms with E-state index in [2.05, 4.69) is 15.2 Å². The average Bonchev–Trinajstić information content (AvgIpc) is 3.20. The van der Waals surface area contributed by atoms with E-state index in [9.17, 15) is 4.79 Å². The number of aromatic nitrogens is 3. The summed E-state index contributed by atoms with van der Waals surface area (Å²) in [6.45, 7) is 6.18. The van der Waals surface area contributed by atoms with E-state index < -0.39 is 0 Å². The van der Waals surface area contributed by atoms with Crippen molar-refractivity contribution in [2.75, 3.05) is 45.9 Å². The molecule has 3 rings (SSSR count). The Kier molecular flexibility index (Phi) is 5.01. The minimum atomic E-state index is -0.0416. The van der Waals surface area contributed by atoms with Gasteiger partial charge in [-0.25, -0.2) is 0 Å². The number of carbonyl (C=O) groups excluding carboxylic acids is 1. The Morgan fingerprint density at radius 3 is 2.86 bits per heavy atom. The van der Waals surface area contributed by atoms with Crippen LogP contribution in [-0.4, -0.2) is 82.7 Å². The van der Waals surface area contributed by atoms with Crippen molar-refractivity contribution in [1.82, 2.24) is 24.8 Å². The molecule has 0 saturated carbocycles. The Morgan fingerprint density at radius 2 is 2.18 bits per heavy atom. The minimum Gasteiger partial charge on any atom is -0.377 e. The van der Waals surface area contributed by atoms with Crippen LogP contribution < -0.4 is 5.73 Å². The van der Waals surface area contributed by atoms with Crippen molar-refractivity contribution in [1.29, 1.82) is 0 Å². The molecule has 0 aromatic carbocycles. The van der Waals surface area contributed by atoms with Gasteiger partial charge in [0.1, 0.15) is 0 Å². The van der Waals surface area contributed by atoms with Crippen molar-refractivity contribution in [3.63, 3.8) is 0 Å². The summed E-state index contributed by atoms with van der Waals surface area (Å²) in [7, 11) is 0. The molecule has 2 fully saturated rings. The highest BCUT2D eigenvalue weighted by molar-refractivity contribution is 5.92. The Balaban J connectivity index is 1.48. The maximum absolute atomic E-state index is 12.4. The highest BCUT2D eigenvalue weighted by Crippen LogP contribution is 2.15. The van der Waals surface area contributed by atoms with Gasteiger partial charge in [-0.2, -0.15) is 0 Å². The van der Waals surface area contributed by atoms with Gasteiger partial charge in [0.05, 0.1) is 18.8 Å². The summed E-state index contributed by atoms with van der Waals surface area (Å²) in [5, 5.41) is 7.86. The molecular weight excluding hydrogens is 284 g/mol. The molecule has 2 N–H and O–H groups in total. The summed E-state index contributed by atoms with van der Waals surface area (Å²) >= 11 is 0. The lowest BCUT2D eigenvalue weighted by atomic mass is 10.2. The number of carbonyl (C=O) groups is 1. The number of hydrogen-bond acceptors (Lipinski definition) is 6. The monoisotopic (exact) mass is 308 g/mol. The number of hydrogen-bond donors (Lipinski definition) is 1. The molecule has 1 unspecified atom stereocenters. The lowest BCUT2D eigenvalue weighted by Gasteiger charge is -2.35. The van der Waals surface area contributed by atoms with Crippen molar-refractivity contribution in [3.05, 3.63) is 11.9 Å². The van der Waals surface area contributed by atoms with Crippen molar-refractivity contribution >= 4 is 5.91 Å². The van der Waals surface area contributed by atoms with Crippen LogP contribution in [0.2, 0.25) is 0 Å². The molecule has 1 aromatic heterocycles. The number of piperazine rings is 1. The molecule has 8 nitrogen and oxygen atoms in total. The fourth-order valence-electron chi connectivity index (χ4n) is 3.01.